The smallest absolute Gasteiger partial charge is 0.320 e. The highest BCUT2D eigenvalue weighted by molar-refractivity contribution is 6.03. The molecule has 0 aliphatic rings. The van der Waals surface area contributed by atoms with E-state index in [2.05, 4.69) is 5.10 Å². The zero-order valence-electron chi connectivity index (χ0n) is 11.6. The number of amides is 2. The van der Waals surface area contributed by atoms with Gasteiger partial charge in [-0.15, -0.1) is 0 Å². The molecule has 22 heavy (non-hydrogen) atoms. The van der Waals surface area contributed by atoms with Crippen LogP contribution < -0.4 is 10.6 Å². The van der Waals surface area contributed by atoms with E-state index in [-0.39, 0.29) is 30.0 Å². The largest absolute Gasteiger partial charge is 0.481 e. The summed E-state index contributed by atoms with van der Waals surface area (Å²) in [5.74, 6) is -1.01. The monoisotopic (exact) mass is 307 g/mol. The van der Waals surface area contributed by atoms with Gasteiger partial charge in [0, 0.05) is 19.7 Å². The van der Waals surface area contributed by atoms with Gasteiger partial charge in [-0.3, -0.25) is 24.5 Å². The van der Waals surface area contributed by atoms with E-state index in [1.165, 1.54) is 23.9 Å². The lowest BCUT2D eigenvalue weighted by Gasteiger charge is -2.16. The molecule has 0 saturated heterocycles. The Morgan fingerprint density at radius 2 is 2.18 bits per heavy atom. The Hall–Kier alpha value is -3.17. The predicted molar refractivity (Wildman–Crippen MR) is 76.6 cm³/mol. The second kappa shape index (κ2) is 5.68. The molecular formula is C12H13N5O5. The molecule has 0 spiro atoms. The molecular weight excluding hydrogens is 294 g/mol. The number of carbonyl (C=O) groups excluding carboxylic acids is 1. The van der Waals surface area contributed by atoms with E-state index < -0.39 is 16.9 Å². The van der Waals surface area contributed by atoms with Gasteiger partial charge in [0.15, 0.2) is 5.82 Å². The van der Waals surface area contributed by atoms with Gasteiger partial charge in [-0.05, 0) is 6.07 Å². The fourth-order valence-corrected chi connectivity index (χ4v) is 2.17. The van der Waals surface area contributed by atoms with E-state index in [1.807, 2.05) is 0 Å². The number of nitro benzene ring substituents is 1. The number of carbonyl (C=O) groups is 2. The molecule has 116 valence electrons. The van der Waals surface area contributed by atoms with E-state index in [1.54, 1.807) is 6.07 Å². The lowest BCUT2D eigenvalue weighted by molar-refractivity contribution is -0.383. The highest BCUT2D eigenvalue weighted by atomic mass is 16.6. The zero-order valence-corrected chi connectivity index (χ0v) is 11.6. The topological polar surface area (TPSA) is 145 Å². The third-order valence-electron chi connectivity index (χ3n) is 3.09. The number of primary amides is 1. The number of para-hydroxylation sites is 1. The molecule has 2 amide bonds. The standard InChI is InChI=1S/C12H13N5O5/c1-15-10-7(3-2-4-8(10)17(21)22)11(14-15)16(12(13)20)6-5-9(18)19/h2-4H,5-6H2,1H3,(H2,13,20)(H,18,19). The minimum absolute atomic E-state index is 0.0925. The summed E-state index contributed by atoms with van der Waals surface area (Å²) in [5, 5.41) is 24.2. The van der Waals surface area contributed by atoms with Gasteiger partial charge in [-0.2, -0.15) is 5.10 Å². The molecule has 0 aliphatic carbocycles. The SMILES string of the molecule is Cn1nc(N(CCC(=O)O)C(N)=O)c2cccc([N+](=O)[O-])c21. The van der Waals surface area contributed by atoms with Gasteiger partial charge >= 0.3 is 12.0 Å². The first-order valence-corrected chi connectivity index (χ1v) is 6.21. The van der Waals surface area contributed by atoms with Crippen molar-refractivity contribution in [3.8, 4) is 0 Å². The fourth-order valence-electron chi connectivity index (χ4n) is 2.17. The highest BCUT2D eigenvalue weighted by Gasteiger charge is 2.24. The number of nitrogens with two attached hydrogens (primary N) is 1. The van der Waals surface area contributed by atoms with Crippen LogP contribution in [0.25, 0.3) is 10.9 Å². The van der Waals surface area contributed by atoms with Gasteiger partial charge in [0.05, 0.1) is 16.7 Å². The molecule has 0 unspecified atom stereocenters. The quantitative estimate of drug-likeness (QED) is 0.618. The normalized spacial score (nSPS) is 10.6. The van der Waals surface area contributed by atoms with Crippen molar-refractivity contribution in [1.29, 1.82) is 0 Å². The number of aliphatic carboxylic acids is 1. The Morgan fingerprint density at radius 1 is 1.50 bits per heavy atom. The molecule has 2 rings (SSSR count). The van der Waals surface area contributed by atoms with Crippen LogP contribution >= 0.6 is 0 Å². The molecule has 2 aromatic rings. The first-order chi connectivity index (χ1) is 10.3. The summed E-state index contributed by atoms with van der Waals surface area (Å²) in [7, 11) is 1.50. The summed E-state index contributed by atoms with van der Waals surface area (Å²) in [4.78, 5) is 33.7. The summed E-state index contributed by atoms with van der Waals surface area (Å²) < 4.78 is 1.26. The molecule has 0 aliphatic heterocycles. The van der Waals surface area contributed by atoms with Gasteiger partial charge in [0.2, 0.25) is 0 Å². The van der Waals surface area contributed by atoms with Crippen molar-refractivity contribution in [1.82, 2.24) is 9.78 Å². The Labute approximate surface area is 123 Å². The van der Waals surface area contributed by atoms with Crippen LogP contribution in [0.15, 0.2) is 18.2 Å². The highest BCUT2D eigenvalue weighted by Crippen LogP contribution is 2.31. The van der Waals surface area contributed by atoms with E-state index >= 15 is 0 Å². The lowest BCUT2D eigenvalue weighted by Crippen LogP contribution is -2.37. The first-order valence-electron chi connectivity index (χ1n) is 6.21. The van der Waals surface area contributed by atoms with Crippen molar-refractivity contribution < 1.29 is 19.6 Å². The minimum atomic E-state index is -1.10. The van der Waals surface area contributed by atoms with Crippen molar-refractivity contribution in [3.05, 3.63) is 28.3 Å². The predicted octanol–water partition coefficient (Wildman–Crippen LogP) is 0.841. The average molecular weight is 307 g/mol. The minimum Gasteiger partial charge on any atom is -0.481 e. The Morgan fingerprint density at radius 3 is 2.73 bits per heavy atom. The van der Waals surface area contributed by atoms with Crippen LogP contribution in [0.3, 0.4) is 0 Å². The third-order valence-corrected chi connectivity index (χ3v) is 3.09. The van der Waals surface area contributed by atoms with Gasteiger partial charge in [-0.25, -0.2) is 4.79 Å². The fraction of sp³-hybridized carbons (Fsp3) is 0.250. The Kier molecular flexibility index (Phi) is 3.93. The summed E-state index contributed by atoms with van der Waals surface area (Å²) in [6.45, 7) is -0.181. The van der Waals surface area contributed by atoms with Gasteiger partial charge in [-0.1, -0.05) is 6.07 Å². The number of non-ortho nitro benzene ring substituents is 1. The maximum atomic E-state index is 11.6. The molecule has 0 radical (unpaired) electrons. The second-order valence-electron chi connectivity index (χ2n) is 4.51. The maximum Gasteiger partial charge on any atom is 0.320 e. The summed E-state index contributed by atoms with van der Waals surface area (Å²) >= 11 is 0. The first kappa shape index (κ1) is 15.2. The van der Waals surface area contributed by atoms with Crippen LogP contribution in [-0.4, -0.2) is 38.4 Å². The molecule has 0 atom stereocenters. The van der Waals surface area contributed by atoms with E-state index in [0.29, 0.717) is 5.39 Å². The van der Waals surface area contributed by atoms with Crippen molar-refractivity contribution in [2.24, 2.45) is 12.8 Å². The number of aromatic nitrogens is 2. The molecule has 0 saturated carbocycles. The number of benzene rings is 1. The number of carboxylic acids is 1. The molecule has 1 aromatic carbocycles. The number of hydrogen-bond donors (Lipinski definition) is 2. The number of nitro groups is 1. The number of fused-ring (bicyclic) bond motifs is 1. The van der Waals surface area contributed by atoms with Gasteiger partial charge in [0.25, 0.3) is 5.69 Å². The van der Waals surface area contributed by atoms with Crippen molar-refractivity contribution in [2.75, 3.05) is 11.4 Å². The molecule has 1 aromatic heterocycles. The third kappa shape index (κ3) is 2.66. The van der Waals surface area contributed by atoms with Gasteiger partial charge in [0.1, 0.15) is 5.52 Å². The summed E-state index contributed by atoms with van der Waals surface area (Å²) in [6, 6.07) is 3.45. The number of carboxylic acid groups (broad SMARTS) is 1. The van der Waals surface area contributed by atoms with Crippen LogP contribution in [0, 0.1) is 10.1 Å². The number of nitrogens with zero attached hydrogens (tertiary/aromatic N) is 4. The number of anilines is 1. The van der Waals surface area contributed by atoms with Crippen LogP contribution in [0.2, 0.25) is 0 Å². The van der Waals surface area contributed by atoms with E-state index in [0.717, 1.165) is 4.90 Å². The summed E-state index contributed by atoms with van der Waals surface area (Å²) in [5.41, 5.74) is 5.32. The Balaban J connectivity index is 2.59. The Bertz CT molecular complexity index is 769. The molecule has 3 N–H and O–H groups in total. The molecule has 0 fully saturated rings. The average Bonchev–Trinajstić information content (AvgIpc) is 2.76. The van der Waals surface area contributed by atoms with Crippen LogP contribution in [-0.2, 0) is 11.8 Å². The molecule has 0 bridgehead atoms. The van der Waals surface area contributed by atoms with Crippen molar-refractivity contribution >= 4 is 34.4 Å². The van der Waals surface area contributed by atoms with Crippen LogP contribution in [0.5, 0.6) is 0 Å². The summed E-state index contributed by atoms with van der Waals surface area (Å²) in [6.07, 6.45) is -0.323. The maximum absolute atomic E-state index is 11.6. The molecule has 10 nitrogen and oxygen atoms in total. The zero-order chi connectivity index (χ0) is 16.4. The van der Waals surface area contributed by atoms with E-state index in [4.69, 9.17) is 10.8 Å². The van der Waals surface area contributed by atoms with Crippen molar-refractivity contribution in [2.45, 2.75) is 6.42 Å². The van der Waals surface area contributed by atoms with Gasteiger partial charge < -0.3 is 10.8 Å². The van der Waals surface area contributed by atoms with E-state index in [9.17, 15) is 19.7 Å². The number of urea groups is 1. The molecule has 10 heteroatoms. The number of hydrogen-bond acceptors (Lipinski definition) is 5. The van der Waals surface area contributed by atoms with Crippen LogP contribution in [0.1, 0.15) is 6.42 Å². The molecule has 1 heterocycles. The number of aryl methyl sites for hydroxylation is 1. The van der Waals surface area contributed by atoms with Crippen LogP contribution in [0.4, 0.5) is 16.3 Å². The van der Waals surface area contributed by atoms with Crippen molar-refractivity contribution in [3.63, 3.8) is 0 Å². The number of rotatable bonds is 5. The second-order valence-corrected chi connectivity index (χ2v) is 4.51. The lowest BCUT2D eigenvalue weighted by atomic mass is 10.2.